The zero-order valence-electron chi connectivity index (χ0n) is 15.7. The summed E-state index contributed by atoms with van der Waals surface area (Å²) in [7, 11) is 1.89. The van der Waals surface area contributed by atoms with Crippen LogP contribution in [0.15, 0.2) is 24.3 Å². The third-order valence-electron chi connectivity index (χ3n) is 5.03. The molecule has 1 aliphatic rings. The maximum atomic E-state index is 12.3. The summed E-state index contributed by atoms with van der Waals surface area (Å²) in [6, 6.07) is 7.86. The molecule has 1 aromatic carbocycles. The van der Waals surface area contributed by atoms with Crippen LogP contribution in [-0.4, -0.2) is 28.1 Å². The molecule has 0 radical (unpaired) electrons. The molecule has 26 heavy (non-hydrogen) atoms. The molecule has 0 spiro atoms. The summed E-state index contributed by atoms with van der Waals surface area (Å²) >= 11 is 0. The molecule has 6 heteroatoms. The van der Waals surface area contributed by atoms with Crippen LogP contribution in [-0.2, 0) is 29.6 Å². The van der Waals surface area contributed by atoms with Gasteiger partial charge in [-0.3, -0.25) is 14.3 Å². The highest BCUT2D eigenvalue weighted by Gasteiger charge is 2.19. The Morgan fingerprint density at radius 3 is 2.77 bits per heavy atom. The van der Waals surface area contributed by atoms with Crippen LogP contribution < -0.4 is 10.2 Å². The van der Waals surface area contributed by atoms with E-state index in [2.05, 4.69) is 10.4 Å². The van der Waals surface area contributed by atoms with Crippen LogP contribution in [0.2, 0.25) is 0 Å². The molecule has 0 saturated carbocycles. The Morgan fingerprint density at radius 2 is 2.08 bits per heavy atom. The number of aryl methyl sites for hydroxylation is 2. The number of carbonyl (C=O) groups excluding carboxylic acids is 2. The van der Waals surface area contributed by atoms with Crippen molar-refractivity contribution in [1.29, 1.82) is 0 Å². The van der Waals surface area contributed by atoms with E-state index in [4.69, 9.17) is 0 Å². The van der Waals surface area contributed by atoms with Gasteiger partial charge in [0, 0.05) is 43.5 Å². The van der Waals surface area contributed by atoms with Gasteiger partial charge in [0.1, 0.15) is 0 Å². The number of aromatic nitrogens is 2. The van der Waals surface area contributed by atoms with E-state index in [1.54, 1.807) is 4.68 Å². The van der Waals surface area contributed by atoms with Gasteiger partial charge in [-0.25, -0.2) is 0 Å². The van der Waals surface area contributed by atoms with Gasteiger partial charge in [-0.05, 0) is 44.4 Å². The van der Waals surface area contributed by atoms with Gasteiger partial charge < -0.3 is 10.2 Å². The summed E-state index contributed by atoms with van der Waals surface area (Å²) in [5, 5.41) is 7.32. The largest absolute Gasteiger partial charge is 0.352 e. The van der Waals surface area contributed by atoms with E-state index in [0.29, 0.717) is 19.4 Å². The first-order valence-electron chi connectivity index (χ1n) is 9.11. The van der Waals surface area contributed by atoms with Gasteiger partial charge in [0.25, 0.3) is 0 Å². The molecule has 0 unspecified atom stereocenters. The van der Waals surface area contributed by atoms with E-state index in [1.165, 1.54) is 0 Å². The Kier molecular flexibility index (Phi) is 5.40. The molecule has 1 aliphatic heterocycles. The minimum Gasteiger partial charge on any atom is -0.352 e. The maximum absolute atomic E-state index is 12.3. The smallest absolute Gasteiger partial charge is 0.226 e. The monoisotopic (exact) mass is 354 g/mol. The Morgan fingerprint density at radius 1 is 1.27 bits per heavy atom. The van der Waals surface area contributed by atoms with E-state index in [1.807, 2.05) is 50.1 Å². The van der Waals surface area contributed by atoms with E-state index in [0.717, 1.165) is 47.6 Å². The molecule has 1 N–H and O–H groups in total. The highest BCUT2D eigenvalue weighted by atomic mass is 16.2. The molecule has 1 fully saturated rings. The lowest BCUT2D eigenvalue weighted by atomic mass is 10.1. The number of nitrogens with one attached hydrogen (secondary N) is 1. The minimum absolute atomic E-state index is 0.0244. The number of piperidine rings is 1. The molecule has 2 aromatic rings. The highest BCUT2D eigenvalue weighted by Crippen LogP contribution is 2.22. The van der Waals surface area contributed by atoms with Crippen molar-refractivity contribution in [3.05, 3.63) is 46.8 Å². The molecule has 2 amide bonds. The normalized spacial score (nSPS) is 14.6. The molecule has 3 rings (SSSR count). The minimum atomic E-state index is -0.0244. The molecule has 1 saturated heterocycles. The highest BCUT2D eigenvalue weighted by molar-refractivity contribution is 5.94. The maximum Gasteiger partial charge on any atom is 0.226 e. The summed E-state index contributed by atoms with van der Waals surface area (Å²) in [6.45, 7) is 5.12. The Bertz CT molecular complexity index is 825. The van der Waals surface area contributed by atoms with Gasteiger partial charge in [-0.1, -0.05) is 12.1 Å². The third-order valence-corrected chi connectivity index (χ3v) is 5.03. The molecule has 2 heterocycles. The quantitative estimate of drug-likeness (QED) is 0.897. The summed E-state index contributed by atoms with van der Waals surface area (Å²) in [5.74, 6) is 0.156. The topological polar surface area (TPSA) is 67.2 Å². The van der Waals surface area contributed by atoms with Crippen molar-refractivity contribution in [2.75, 3.05) is 11.4 Å². The number of amides is 2. The first kappa shape index (κ1) is 18.2. The fourth-order valence-electron chi connectivity index (χ4n) is 3.41. The number of rotatable bonds is 5. The molecule has 0 aliphatic carbocycles. The SMILES string of the molecule is Cc1nn(C)c(C)c1CC(=O)NCc1cccc(N2CCCCC2=O)c1. The van der Waals surface area contributed by atoms with Gasteiger partial charge in [-0.2, -0.15) is 5.10 Å². The van der Waals surface area contributed by atoms with Crippen LogP contribution in [0, 0.1) is 13.8 Å². The zero-order valence-corrected chi connectivity index (χ0v) is 15.7. The summed E-state index contributed by atoms with van der Waals surface area (Å²) in [5.41, 5.74) is 4.81. The Labute approximate surface area is 154 Å². The van der Waals surface area contributed by atoms with E-state index < -0.39 is 0 Å². The van der Waals surface area contributed by atoms with Crippen LogP contribution in [0.3, 0.4) is 0 Å². The van der Waals surface area contributed by atoms with Crippen LogP contribution in [0.5, 0.6) is 0 Å². The van der Waals surface area contributed by atoms with Crippen LogP contribution in [0.25, 0.3) is 0 Å². The molecular weight excluding hydrogens is 328 g/mol. The lowest BCUT2D eigenvalue weighted by molar-refractivity contribution is -0.121. The molecular formula is C20H26N4O2. The number of benzene rings is 1. The molecule has 0 bridgehead atoms. The Hall–Kier alpha value is -2.63. The lowest BCUT2D eigenvalue weighted by Gasteiger charge is -2.27. The fourth-order valence-corrected chi connectivity index (χ4v) is 3.41. The lowest BCUT2D eigenvalue weighted by Crippen LogP contribution is -2.35. The number of hydrogen-bond acceptors (Lipinski definition) is 3. The predicted octanol–water partition coefficient (Wildman–Crippen LogP) is 2.41. The Balaban J connectivity index is 1.61. The molecule has 6 nitrogen and oxygen atoms in total. The second-order valence-electron chi connectivity index (χ2n) is 6.90. The predicted molar refractivity (Wildman–Crippen MR) is 101 cm³/mol. The first-order chi connectivity index (χ1) is 12.5. The van der Waals surface area contributed by atoms with Crippen molar-refractivity contribution in [3.8, 4) is 0 Å². The standard InChI is InChI=1S/C20H26N4O2/c1-14-18(15(2)23(3)22-14)12-19(25)21-13-16-7-6-8-17(11-16)24-10-5-4-9-20(24)26/h6-8,11H,4-5,9-10,12-13H2,1-3H3,(H,21,25). The second kappa shape index (κ2) is 7.72. The van der Waals surface area contributed by atoms with E-state index in [9.17, 15) is 9.59 Å². The summed E-state index contributed by atoms with van der Waals surface area (Å²) in [6.07, 6.45) is 2.95. The van der Waals surface area contributed by atoms with E-state index in [-0.39, 0.29) is 11.8 Å². The third kappa shape index (κ3) is 3.95. The van der Waals surface area contributed by atoms with Crippen molar-refractivity contribution in [2.45, 2.75) is 46.1 Å². The average Bonchev–Trinajstić information content (AvgIpc) is 2.87. The molecule has 0 atom stereocenters. The number of carbonyl (C=O) groups is 2. The first-order valence-corrected chi connectivity index (χ1v) is 9.11. The summed E-state index contributed by atoms with van der Waals surface area (Å²) in [4.78, 5) is 26.3. The zero-order chi connectivity index (χ0) is 18.7. The van der Waals surface area contributed by atoms with Crippen molar-refractivity contribution in [3.63, 3.8) is 0 Å². The number of hydrogen-bond donors (Lipinski definition) is 1. The number of nitrogens with zero attached hydrogens (tertiary/aromatic N) is 3. The van der Waals surface area contributed by atoms with Crippen LogP contribution in [0.4, 0.5) is 5.69 Å². The van der Waals surface area contributed by atoms with Crippen LogP contribution >= 0.6 is 0 Å². The van der Waals surface area contributed by atoms with Crippen molar-refractivity contribution < 1.29 is 9.59 Å². The number of anilines is 1. The van der Waals surface area contributed by atoms with Gasteiger partial charge in [-0.15, -0.1) is 0 Å². The van der Waals surface area contributed by atoms with E-state index >= 15 is 0 Å². The summed E-state index contributed by atoms with van der Waals surface area (Å²) < 4.78 is 1.80. The van der Waals surface area contributed by atoms with Gasteiger partial charge >= 0.3 is 0 Å². The molecule has 138 valence electrons. The fraction of sp³-hybridized carbons (Fsp3) is 0.450. The molecule has 1 aromatic heterocycles. The van der Waals surface area contributed by atoms with Crippen molar-refractivity contribution in [2.24, 2.45) is 7.05 Å². The van der Waals surface area contributed by atoms with Crippen molar-refractivity contribution >= 4 is 17.5 Å². The van der Waals surface area contributed by atoms with Crippen LogP contribution in [0.1, 0.15) is 41.8 Å². The van der Waals surface area contributed by atoms with Gasteiger partial charge in [0.15, 0.2) is 0 Å². The van der Waals surface area contributed by atoms with Gasteiger partial charge in [0.05, 0.1) is 12.1 Å². The second-order valence-corrected chi connectivity index (χ2v) is 6.90. The average molecular weight is 354 g/mol. The van der Waals surface area contributed by atoms with Crippen molar-refractivity contribution in [1.82, 2.24) is 15.1 Å². The van der Waals surface area contributed by atoms with Gasteiger partial charge in [0.2, 0.25) is 11.8 Å².